The minimum Gasteiger partial charge on any atom is -0.480 e. The molecular weight excluding hydrogens is 577 g/mol. The molecule has 41 heavy (non-hydrogen) atoms. The predicted octanol–water partition coefficient (Wildman–Crippen LogP) is 6.21. The Kier molecular flexibility index (Phi) is 8.16. The van der Waals surface area contributed by atoms with Crippen LogP contribution in [0, 0.1) is 11.6 Å². The molecule has 1 aliphatic rings. The maximum Gasteiger partial charge on any atom is 0.425 e. The van der Waals surface area contributed by atoms with Crippen LogP contribution in [0.4, 0.5) is 32.4 Å². The molecule has 220 valence electrons. The van der Waals surface area contributed by atoms with Gasteiger partial charge in [0, 0.05) is 13.1 Å². The molecule has 0 aliphatic carbocycles. The third-order valence-electron chi connectivity index (χ3n) is 5.93. The van der Waals surface area contributed by atoms with Crippen molar-refractivity contribution in [3.05, 3.63) is 58.4 Å². The minimum atomic E-state index is -4.82. The van der Waals surface area contributed by atoms with E-state index < -0.39 is 58.5 Å². The molecular formula is C26H25ClF5N5O4. The Morgan fingerprint density at radius 3 is 2.41 bits per heavy atom. The van der Waals surface area contributed by atoms with Crippen LogP contribution in [0.2, 0.25) is 5.02 Å². The van der Waals surface area contributed by atoms with Crippen molar-refractivity contribution >= 4 is 29.3 Å². The number of ether oxygens (including phenoxy) is 2. The number of anilines is 1. The zero-order valence-electron chi connectivity index (χ0n) is 22.3. The van der Waals surface area contributed by atoms with Gasteiger partial charge in [-0.15, -0.1) is 10.2 Å². The lowest BCUT2D eigenvalue weighted by atomic mass is 10.1. The van der Waals surface area contributed by atoms with Gasteiger partial charge in [0.2, 0.25) is 0 Å². The van der Waals surface area contributed by atoms with Crippen molar-refractivity contribution in [2.75, 3.05) is 11.9 Å². The minimum absolute atomic E-state index is 0.0120. The van der Waals surface area contributed by atoms with E-state index in [1.54, 1.807) is 20.8 Å². The number of carbonyl (C=O) groups is 2. The number of benzene rings is 2. The highest BCUT2D eigenvalue weighted by Gasteiger charge is 2.39. The largest absolute Gasteiger partial charge is 0.480 e. The number of nitrogens with one attached hydrogen (secondary N) is 1. The maximum absolute atomic E-state index is 15.5. The predicted molar refractivity (Wildman–Crippen MR) is 138 cm³/mol. The van der Waals surface area contributed by atoms with Crippen LogP contribution in [0.15, 0.2) is 30.3 Å². The van der Waals surface area contributed by atoms with Gasteiger partial charge in [-0.05, 0) is 52.0 Å². The van der Waals surface area contributed by atoms with Crippen LogP contribution in [0.1, 0.15) is 43.9 Å². The fraction of sp³-hybridized carbons (Fsp3) is 0.385. The van der Waals surface area contributed by atoms with E-state index >= 15 is 4.39 Å². The number of carbonyl (C=O) groups excluding carboxylic acids is 2. The van der Waals surface area contributed by atoms with E-state index in [1.807, 2.05) is 0 Å². The van der Waals surface area contributed by atoms with Crippen molar-refractivity contribution in [1.29, 1.82) is 0 Å². The van der Waals surface area contributed by atoms with E-state index in [9.17, 15) is 27.2 Å². The number of hydrogen-bond donors (Lipinski definition) is 1. The lowest BCUT2D eigenvalue weighted by molar-refractivity contribution is -0.189. The van der Waals surface area contributed by atoms with Crippen LogP contribution in [-0.4, -0.2) is 56.1 Å². The third kappa shape index (κ3) is 6.69. The van der Waals surface area contributed by atoms with E-state index in [4.69, 9.17) is 21.1 Å². The summed E-state index contributed by atoms with van der Waals surface area (Å²) in [6.07, 6.45) is -7.79. The van der Waals surface area contributed by atoms with Gasteiger partial charge in [0.05, 0.1) is 28.4 Å². The normalized spacial score (nSPS) is 14.3. The lowest BCUT2D eigenvalue weighted by Gasteiger charge is -2.30. The first kappa shape index (κ1) is 30.0. The van der Waals surface area contributed by atoms with Crippen LogP contribution in [0.5, 0.6) is 5.75 Å². The Bertz CT molecular complexity index is 1470. The van der Waals surface area contributed by atoms with Gasteiger partial charge in [-0.25, -0.2) is 13.6 Å². The highest BCUT2D eigenvalue weighted by atomic mass is 35.5. The number of fused-ring (bicyclic) bond motifs is 1. The summed E-state index contributed by atoms with van der Waals surface area (Å²) >= 11 is 5.94. The number of aromatic nitrogens is 3. The standard InChI is InChI=1S/C26H25ClF5N5O4/c1-13(26(30,31)32)40-19-11-14(18(29)10-15(19)23(38)33-21-16(27)6-5-7-17(21)28)22-35-34-20-12-36(8-9-37(20)22)24(39)41-25(2,3)4/h5-7,10-11,13H,8-9,12H2,1-4H3,(H,33,38)/t13-/m0/s1. The van der Waals surface area contributed by atoms with Crippen molar-refractivity contribution in [3.8, 4) is 17.1 Å². The summed E-state index contributed by atoms with van der Waals surface area (Å²) in [6.45, 7) is 6.13. The zero-order valence-corrected chi connectivity index (χ0v) is 23.0. The smallest absolute Gasteiger partial charge is 0.425 e. The van der Waals surface area contributed by atoms with E-state index in [0.29, 0.717) is 13.0 Å². The number of para-hydroxylation sites is 1. The van der Waals surface area contributed by atoms with Gasteiger partial charge >= 0.3 is 12.3 Å². The summed E-state index contributed by atoms with van der Waals surface area (Å²) in [6, 6.07) is 5.13. The van der Waals surface area contributed by atoms with E-state index in [1.165, 1.54) is 21.6 Å². The lowest BCUT2D eigenvalue weighted by Crippen LogP contribution is -2.41. The first-order valence-electron chi connectivity index (χ1n) is 12.3. The highest BCUT2D eigenvalue weighted by molar-refractivity contribution is 6.34. The zero-order chi connectivity index (χ0) is 30.3. The van der Waals surface area contributed by atoms with Gasteiger partial charge < -0.3 is 19.4 Å². The molecule has 0 saturated heterocycles. The second kappa shape index (κ2) is 11.1. The molecule has 1 atom stereocenters. The second-order valence-corrected chi connectivity index (χ2v) is 10.6. The fourth-order valence-electron chi connectivity index (χ4n) is 3.89. The number of rotatable bonds is 5. The van der Waals surface area contributed by atoms with E-state index in [0.717, 1.165) is 12.1 Å². The molecule has 4 rings (SSSR count). The summed E-state index contributed by atoms with van der Waals surface area (Å²) in [7, 11) is 0. The number of amides is 2. The molecule has 0 spiro atoms. The van der Waals surface area contributed by atoms with Crippen molar-refractivity contribution < 1.29 is 41.0 Å². The molecule has 15 heteroatoms. The first-order chi connectivity index (χ1) is 19.0. The molecule has 1 aliphatic heterocycles. The number of nitrogens with zero attached hydrogens (tertiary/aromatic N) is 4. The highest BCUT2D eigenvalue weighted by Crippen LogP contribution is 2.35. The quantitative estimate of drug-likeness (QED) is 0.349. The van der Waals surface area contributed by atoms with Gasteiger partial charge in [0.15, 0.2) is 17.8 Å². The number of halogens is 6. The monoisotopic (exact) mass is 601 g/mol. The van der Waals surface area contributed by atoms with Gasteiger partial charge in [0.25, 0.3) is 5.91 Å². The van der Waals surface area contributed by atoms with Gasteiger partial charge in [-0.1, -0.05) is 17.7 Å². The molecule has 0 saturated carbocycles. The molecule has 1 N–H and O–H groups in total. The van der Waals surface area contributed by atoms with Crippen LogP contribution in [-0.2, 0) is 17.8 Å². The van der Waals surface area contributed by atoms with Crippen molar-refractivity contribution in [2.24, 2.45) is 0 Å². The molecule has 1 aromatic heterocycles. The van der Waals surface area contributed by atoms with Crippen LogP contribution in [0.3, 0.4) is 0 Å². The molecule has 2 aromatic carbocycles. The Labute approximate surface area is 236 Å². The van der Waals surface area contributed by atoms with Gasteiger partial charge in [0.1, 0.15) is 23.0 Å². The molecule has 2 heterocycles. The SMILES string of the molecule is C[C@H](Oc1cc(-c2nnc3n2CCN(C(=O)OC(C)(C)C)C3)c(F)cc1C(=O)Nc1c(F)cccc1Cl)C(F)(F)F. The summed E-state index contributed by atoms with van der Waals surface area (Å²) in [5.41, 5.74) is -2.12. The summed E-state index contributed by atoms with van der Waals surface area (Å²) in [5.74, 6) is -3.53. The summed E-state index contributed by atoms with van der Waals surface area (Å²) in [4.78, 5) is 26.9. The fourth-order valence-corrected chi connectivity index (χ4v) is 4.10. The average Bonchev–Trinajstić information content (AvgIpc) is 3.28. The van der Waals surface area contributed by atoms with E-state index in [2.05, 4.69) is 15.5 Å². The number of hydrogen-bond acceptors (Lipinski definition) is 6. The van der Waals surface area contributed by atoms with Gasteiger partial charge in [-0.2, -0.15) is 13.2 Å². The topological polar surface area (TPSA) is 98.6 Å². The molecule has 3 aromatic rings. The second-order valence-electron chi connectivity index (χ2n) is 10.2. The van der Waals surface area contributed by atoms with Crippen molar-refractivity contribution in [1.82, 2.24) is 19.7 Å². The molecule has 0 radical (unpaired) electrons. The molecule has 9 nitrogen and oxygen atoms in total. The average molecular weight is 602 g/mol. The van der Waals surface area contributed by atoms with E-state index in [-0.39, 0.29) is 41.9 Å². The van der Waals surface area contributed by atoms with Gasteiger partial charge in [-0.3, -0.25) is 9.69 Å². The first-order valence-corrected chi connectivity index (χ1v) is 12.7. The van der Waals surface area contributed by atoms with Crippen LogP contribution < -0.4 is 10.1 Å². The van der Waals surface area contributed by atoms with Crippen molar-refractivity contribution in [3.63, 3.8) is 0 Å². The molecule has 0 fully saturated rings. The Morgan fingerprint density at radius 2 is 1.78 bits per heavy atom. The van der Waals surface area contributed by atoms with Crippen LogP contribution >= 0.6 is 11.6 Å². The molecule has 2 amide bonds. The summed E-state index contributed by atoms with van der Waals surface area (Å²) < 4.78 is 81.7. The Balaban J connectivity index is 1.71. The Hall–Kier alpha value is -3.94. The maximum atomic E-state index is 15.5. The number of alkyl halides is 3. The molecule has 0 unspecified atom stereocenters. The molecule has 0 bridgehead atoms. The summed E-state index contributed by atoms with van der Waals surface area (Å²) in [5, 5.41) is 9.96. The Morgan fingerprint density at radius 1 is 1.07 bits per heavy atom. The van der Waals surface area contributed by atoms with Crippen LogP contribution in [0.25, 0.3) is 11.4 Å². The van der Waals surface area contributed by atoms with Crippen molar-refractivity contribution in [2.45, 2.75) is 58.7 Å². The third-order valence-corrected chi connectivity index (χ3v) is 6.24.